The van der Waals surface area contributed by atoms with Gasteiger partial charge in [-0.2, -0.15) is 0 Å². The summed E-state index contributed by atoms with van der Waals surface area (Å²) in [6, 6.07) is 4.56. The second kappa shape index (κ2) is 6.40. The maximum absolute atomic E-state index is 12.0. The highest BCUT2D eigenvalue weighted by Crippen LogP contribution is 2.30. The van der Waals surface area contributed by atoms with Gasteiger partial charge in [-0.15, -0.1) is 0 Å². The third-order valence-electron chi connectivity index (χ3n) is 2.73. The fourth-order valence-electron chi connectivity index (χ4n) is 1.79. The third kappa shape index (κ3) is 3.36. The van der Waals surface area contributed by atoms with Crippen LogP contribution in [0.15, 0.2) is 18.2 Å². The molecular formula is C13H17NO5. The molecule has 1 aromatic rings. The van der Waals surface area contributed by atoms with Gasteiger partial charge in [-0.25, -0.2) is 0 Å². The summed E-state index contributed by atoms with van der Waals surface area (Å²) in [6.07, 6.45) is 0. The van der Waals surface area contributed by atoms with E-state index < -0.39 is 6.04 Å². The highest BCUT2D eigenvalue weighted by atomic mass is 16.6. The molecule has 104 valence electrons. The summed E-state index contributed by atoms with van der Waals surface area (Å²) in [7, 11) is 1.51. The van der Waals surface area contributed by atoms with Crippen molar-refractivity contribution in [1.82, 2.24) is 5.32 Å². The number of methoxy groups -OCH3 is 1. The zero-order valence-electron chi connectivity index (χ0n) is 10.7. The molecule has 1 unspecified atom stereocenters. The Bertz CT molecular complexity index is 449. The number of hydrogen-bond donors (Lipinski definition) is 2. The highest BCUT2D eigenvalue weighted by Gasteiger charge is 2.17. The molecule has 0 radical (unpaired) electrons. The molecule has 0 saturated carbocycles. The van der Waals surface area contributed by atoms with E-state index in [1.165, 1.54) is 7.11 Å². The number of aliphatic hydroxyl groups excluding tert-OH is 1. The van der Waals surface area contributed by atoms with E-state index in [0.29, 0.717) is 30.3 Å². The van der Waals surface area contributed by atoms with E-state index in [4.69, 9.17) is 19.3 Å². The lowest BCUT2D eigenvalue weighted by Crippen LogP contribution is -2.40. The number of ether oxygens (including phenoxy) is 3. The molecule has 19 heavy (non-hydrogen) atoms. The molecule has 0 aliphatic carbocycles. The molecule has 6 heteroatoms. The predicted molar refractivity (Wildman–Crippen MR) is 67.6 cm³/mol. The number of aliphatic hydroxyl groups is 1. The Kier molecular flexibility index (Phi) is 4.59. The molecule has 1 atom stereocenters. The Morgan fingerprint density at radius 3 is 2.84 bits per heavy atom. The van der Waals surface area contributed by atoms with Crippen LogP contribution in [0.5, 0.6) is 11.5 Å². The van der Waals surface area contributed by atoms with E-state index in [1.54, 1.807) is 18.2 Å². The summed E-state index contributed by atoms with van der Waals surface area (Å²) < 4.78 is 15.7. The summed E-state index contributed by atoms with van der Waals surface area (Å²) >= 11 is 0. The first-order chi connectivity index (χ1) is 9.24. The van der Waals surface area contributed by atoms with Gasteiger partial charge in [0.05, 0.1) is 19.3 Å². The molecule has 1 aliphatic heterocycles. The largest absolute Gasteiger partial charge is 0.486 e. The molecule has 1 heterocycles. The fraction of sp³-hybridized carbons (Fsp3) is 0.462. The van der Waals surface area contributed by atoms with E-state index >= 15 is 0 Å². The minimum Gasteiger partial charge on any atom is -0.486 e. The van der Waals surface area contributed by atoms with Crippen molar-refractivity contribution >= 4 is 5.91 Å². The van der Waals surface area contributed by atoms with Crippen molar-refractivity contribution in [3.8, 4) is 11.5 Å². The van der Waals surface area contributed by atoms with Crippen LogP contribution in [-0.2, 0) is 4.74 Å². The number of amides is 1. The monoisotopic (exact) mass is 267 g/mol. The zero-order chi connectivity index (χ0) is 13.7. The first-order valence-corrected chi connectivity index (χ1v) is 6.05. The van der Waals surface area contributed by atoms with E-state index in [2.05, 4.69) is 5.32 Å². The van der Waals surface area contributed by atoms with Gasteiger partial charge in [-0.05, 0) is 18.2 Å². The van der Waals surface area contributed by atoms with Gasteiger partial charge in [-0.3, -0.25) is 4.79 Å². The average Bonchev–Trinajstić information content (AvgIpc) is 2.46. The lowest BCUT2D eigenvalue weighted by molar-refractivity contribution is 0.0838. The van der Waals surface area contributed by atoms with Crippen LogP contribution in [0.4, 0.5) is 0 Å². The van der Waals surface area contributed by atoms with Gasteiger partial charge in [0.25, 0.3) is 5.91 Å². The molecule has 2 N–H and O–H groups in total. The van der Waals surface area contributed by atoms with E-state index in [9.17, 15) is 4.79 Å². The Hall–Kier alpha value is -1.79. The number of benzene rings is 1. The van der Waals surface area contributed by atoms with Crippen LogP contribution < -0.4 is 14.8 Å². The molecule has 0 spiro atoms. The average molecular weight is 267 g/mol. The molecule has 1 aromatic carbocycles. The Balaban J connectivity index is 2.06. The van der Waals surface area contributed by atoms with Crippen molar-refractivity contribution in [2.24, 2.45) is 0 Å². The Labute approximate surface area is 111 Å². The third-order valence-corrected chi connectivity index (χ3v) is 2.73. The van der Waals surface area contributed by atoms with Gasteiger partial charge in [-0.1, -0.05) is 0 Å². The number of fused-ring (bicyclic) bond motifs is 1. The minimum absolute atomic E-state index is 0.176. The van der Waals surface area contributed by atoms with Crippen LogP contribution in [0.1, 0.15) is 10.4 Å². The summed E-state index contributed by atoms with van der Waals surface area (Å²) in [5.74, 6) is 0.915. The van der Waals surface area contributed by atoms with Crippen LogP contribution in [0.2, 0.25) is 0 Å². The highest BCUT2D eigenvalue weighted by molar-refractivity contribution is 5.95. The lowest BCUT2D eigenvalue weighted by Gasteiger charge is -2.19. The summed E-state index contributed by atoms with van der Waals surface area (Å²) in [5.41, 5.74) is 0.457. The summed E-state index contributed by atoms with van der Waals surface area (Å²) in [4.78, 5) is 12.0. The van der Waals surface area contributed by atoms with Crippen LogP contribution >= 0.6 is 0 Å². The second-order valence-electron chi connectivity index (χ2n) is 4.17. The molecule has 0 saturated heterocycles. The number of nitrogens with one attached hydrogen (secondary N) is 1. The van der Waals surface area contributed by atoms with Crippen molar-refractivity contribution < 1.29 is 24.1 Å². The van der Waals surface area contributed by atoms with E-state index in [0.717, 1.165) is 0 Å². The normalized spacial score (nSPS) is 14.8. The molecule has 2 rings (SSSR count). The smallest absolute Gasteiger partial charge is 0.251 e. The van der Waals surface area contributed by atoms with Gasteiger partial charge < -0.3 is 24.6 Å². The minimum atomic E-state index is -0.425. The van der Waals surface area contributed by atoms with Crippen LogP contribution in [0.25, 0.3) is 0 Å². The fourth-order valence-corrected chi connectivity index (χ4v) is 1.79. The summed E-state index contributed by atoms with van der Waals surface area (Å²) in [5, 5.41) is 11.8. The van der Waals surface area contributed by atoms with Crippen LogP contribution in [0.3, 0.4) is 0 Å². The Morgan fingerprint density at radius 2 is 2.16 bits per heavy atom. The topological polar surface area (TPSA) is 77.0 Å². The zero-order valence-corrected chi connectivity index (χ0v) is 10.7. The molecule has 0 fully saturated rings. The Morgan fingerprint density at radius 1 is 1.42 bits per heavy atom. The quantitative estimate of drug-likeness (QED) is 0.796. The van der Waals surface area contributed by atoms with Crippen LogP contribution in [-0.4, -0.2) is 50.6 Å². The molecule has 1 aliphatic rings. The first-order valence-electron chi connectivity index (χ1n) is 6.05. The van der Waals surface area contributed by atoms with Gasteiger partial charge >= 0.3 is 0 Å². The van der Waals surface area contributed by atoms with Crippen molar-refractivity contribution in [3.63, 3.8) is 0 Å². The van der Waals surface area contributed by atoms with Crippen molar-refractivity contribution in [2.75, 3.05) is 33.5 Å². The van der Waals surface area contributed by atoms with E-state index in [1.807, 2.05) is 0 Å². The first kappa shape index (κ1) is 13.6. The summed E-state index contributed by atoms with van der Waals surface area (Å²) in [6.45, 7) is 1.07. The molecule has 1 amide bonds. The number of rotatable bonds is 5. The number of hydrogen-bond acceptors (Lipinski definition) is 5. The SMILES string of the molecule is COCC(CO)NC(=O)c1ccc2c(c1)OCCO2. The van der Waals surface area contributed by atoms with Gasteiger partial charge in [0.2, 0.25) is 0 Å². The molecule has 0 bridgehead atoms. The van der Waals surface area contributed by atoms with Gasteiger partial charge in [0, 0.05) is 12.7 Å². The molecule has 6 nitrogen and oxygen atoms in total. The van der Waals surface area contributed by atoms with Crippen molar-refractivity contribution in [2.45, 2.75) is 6.04 Å². The molecular weight excluding hydrogens is 250 g/mol. The maximum atomic E-state index is 12.0. The van der Waals surface area contributed by atoms with Gasteiger partial charge in [0.1, 0.15) is 13.2 Å². The molecule has 0 aromatic heterocycles. The van der Waals surface area contributed by atoms with Gasteiger partial charge in [0.15, 0.2) is 11.5 Å². The number of carbonyl (C=O) groups excluding carboxylic acids is 1. The number of carbonyl (C=O) groups is 1. The van der Waals surface area contributed by atoms with Crippen molar-refractivity contribution in [3.05, 3.63) is 23.8 Å². The second-order valence-corrected chi connectivity index (χ2v) is 4.17. The lowest BCUT2D eigenvalue weighted by atomic mass is 10.1. The standard InChI is InChI=1S/C13H17NO5/c1-17-8-10(7-15)14-13(16)9-2-3-11-12(6-9)19-5-4-18-11/h2-3,6,10,15H,4-5,7-8H2,1H3,(H,14,16). The van der Waals surface area contributed by atoms with Crippen LogP contribution in [0, 0.1) is 0 Å². The maximum Gasteiger partial charge on any atom is 0.251 e. The van der Waals surface area contributed by atoms with E-state index in [-0.39, 0.29) is 19.1 Å². The van der Waals surface area contributed by atoms with Crippen molar-refractivity contribution in [1.29, 1.82) is 0 Å². The predicted octanol–water partition coefficient (Wildman–Crippen LogP) is 0.195.